The zero-order valence-corrected chi connectivity index (χ0v) is 8.55. The number of pyridine rings is 1. The third kappa shape index (κ3) is 1.69. The number of rotatable bonds is 1. The normalized spacial score (nSPS) is 18.4. The highest BCUT2D eigenvalue weighted by atomic mass is 79.9. The van der Waals surface area contributed by atoms with Crippen LogP contribution in [0.3, 0.4) is 0 Å². The summed E-state index contributed by atoms with van der Waals surface area (Å²) in [6, 6.07) is 4.22. The first-order valence-electron chi connectivity index (χ1n) is 4.48. The number of halogens is 1. The molecule has 64 valence electrons. The van der Waals surface area contributed by atoms with E-state index in [0.29, 0.717) is 0 Å². The van der Waals surface area contributed by atoms with Crippen molar-refractivity contribution in [2.45, 2.75) is 31.6 Å². The van der Waals surface area contributed by atoms with E-state index < -0.39 is 0 Å². The number of nitrogens with zero attached hydrogens (tertiary/aromatic N) is 1. The summed E-state index contributed by atoms with van der Waals surface area (Å²) in [6.45, 7) is 0. The molecule has 2 heteroatoms. The molecule has 0 atom stereocenters. The van der Waals surface area contributed by atoms with Gasteiger partial charge < -0.3 is 0 Å². The Balaban J connectivity index is 2.17. The molecule has 12 heavy (non-hydrogen) atoms. The van der Waals surface area contributed by atoms with Crippen LogP contribution < -0.4 is 0 Å². The Kier molecular flexibility index (Phi) is 2.45. The van der Waals surface area contributed by atoms with Crippen molar-refractivity contribution < 1.29 is 0 Å². The van der Waals surface area contributed by atoms with Gasteiger partial charge in [-0.05, 0) is 40.9 Å². The third-order valence-corrected chi connectivity index (χ3v) is 2.99. The van der Waals surface area contributed by atoms with Crippen LogP contribution in [0.1, 0.15) is 37.3 Å². The molecule has 0 aromatic carbocycles. The Labute approximate surface area is 81.3 Å². The maximum absolute atomic E-state index is 4.41. The molecule has 2 rings (SSSR count). The van der Waals surface area contributed by atoms with E-state index in [1.807, 2.05) is 6.20 Å². The van der Waals surface area contributed by atoms with Gasteiger partial charge in [-0.25, -0.2) is 0 Å². The third-order valence-electron chi connectivity index (χ3n) is 2.52. The molecule has 1 fully saturated rings. The van der Waals surface area contributed by atoms with E-state index in [9.17, 15) is 0 Å². The van der Waals surface area contributed by atoms with Gasteiger partial charge in [0.15, 0.2) is 0 Å². The van der Waals surface area contributed by atoms with E-state index in [1.54, 1.807) is 0 Å². The van der Waals surface area contributed by atoms with Crippen molar-refractivity contribution >= 4 is 15.9 Å². The summed E-state index contributed by atoms with van der Waals surface area (Å²) in [4.78, 5) is 4.41. The lowest BCUT2D eigenvalue weighted by Crippen LogP contribution is -1.94. The Hall–Kier alpha value is -0.370. The minimum absolute atomic E-state index is 0.734. The fourth-order valence-electron chi connectivity index (χ4n) is 1.85. The molecule has 0 amide bonds. The van der Waals surface area contributed by atoms with Crippen LogP contribution in [0.2, 0.25) is 0 Å². The second-order valence-electron chi connectivity index (χ2n) is 3.38. The van der Waals surface area contributed by atoms with Gasteiger partial charge in [0.25, 0.3) is 0 Å². The van der Waals surface area contributed by atoms with E-state index in [2.05, 4.69) is 33.0 Å². The van der Waals surface area contributed by atoms with E-state index in [4.69, 9.17) is 0 Å². The smallest absolute Gasteiger partial charge is 0.0435 e. The largest absolute Gasteiger partial charge is 0.260 e. The molecule has 0 aliphatic heterocycles. The van der Waals surface area contributed by atoms with Crippen molar-refractivity contribution in [3.8, 4) is 0 Å². The Morgan fingerprint density at radius 3 is 2.58 bits per heavy atom. The van der Waals surface area contributed by atoms with E-state index in [0.717, 1.165) is 10.4 Å². The lowest BCUT2D eigenvalue weighted by Gasteiger charge is -2.06. The van der Waals surface area contributed by atoms with Gasteiger partial charge in [0, 0.05) is 22.3 Å². The maximum atomic E-state index is 4.41. The minimum atomic E-state index is 0.734. The summed E-state index contributed by atoms with van der Waals surface area (Å²) in [5.74, 6) is 0.734. The molecule has 1 aromatic rings. The molecule has 0 N–H and O–H groups in total. The molecule has 1 aromatic heterocycles. The first-order chi connectivity index (χ1) is 5.86. The molecular weight excluding hydrogens is 214 g/mol. The van der Waals surface area contributed by atoms with Crippen LogP contribution in [0, 0.1) is 0 Å². The second kappa shape index (κ2) is 3.56. The molecule has 1 heterocycles. The highest BCUT2D eigenvalue weighted by molar-refractivity contribution is 9.10. The molecule has 1 nitrogen and oxygen atoms in total. The number of hydrogen-bond donors (Lipinski definition) is 0. The Bertz CT molecular complexity index is 249. The van der Waals surface area contributed by atoms with Gasteiger partial charge in [0.2, 0.25) is 0 Å². The molecule has 0 bridgehead atoms. The highest BCUT2D eigenvalue weighted by Gasteiger charge is 2.17. The zero-order valence-electron chi connectivity index (χ0n) is 6.96. The van der Waals surface area contributed by atoms with E-state index in [-0.39, 0.29) is 0 Å². The SMILES string of the molecule is Brc1ccc(C2CCCC2)nc1. The zero-order chi connectivity index (χ0) is 8.39. The first kappa shape index (κ1) is 8.24. The van der Waals surface area contributed by atoms with Crippen molar-refractivity contribution in [3.05, 3.63) is 28.5 Å². The summed E-state index contributed by atoms with van der Waals surface area (Å²) >= 11 is 3.39. The highest BCUT2D eigenvalue weighted by Crippen LogP contribution is 2.32. The molecule has 1 aliphatic carbocycles. The van der Waals surface area contributed by atoms with Crippen LogP contribution in [-0.4, -0.2) is 4.98 Å². The van der Waals surface area contributed by atoms with Crippen molar-refractivity contribution in [1.29, 1.82) is 0 Å². The minimum Gasteiger partial charge on any atom is -0.260 e. The van der Waals surface area contributed by atoms with Crippen molar-refractivity contribution in [2.24, 2.45) is 0 Å². The maximum Gasteiger partial charge on any atom is 0.0435 e. The van der Waals surface area contributed by atoms with Crippen molar-refractivity contribution in [2.75, 3.05) is 0 Å². The van der Waals surface area contributed by atoms with Gasteiger partial charge in [-0.1, -0.05) is 12.8 Å². The van der Waals surface area contributed by atoms with Crippen molar-refractivity contribution in [3.63, 3.8) is 0 Å². The van der Waals surface area contributed by atoms with Gasteiger partial charge in [0.05, 0.1) is 0 Å². The summed E-state index contributed by atoms with van der Waals surface area (Å²) in [6.07, 6.45) is 7.31. The first-order valence-corrected chi connectivity index (χ1v) is 5.27. The topological polar surface area (TPSA) is 12.9 Å². The van der Waals surface area contributed by atoms with E-state index in [1.165, 1.54) is 31.4 Å². The molecule has 0 spiro atoms. The van der Waals surface area contributed by atoms with Gasteiger partial charge in [-0.15, -0.1) is 0 Å². The molecule has 0 radical (unpaired) electrons. The summed E-state index contributed by atoms with van der Waals surface area (Å²) in [7, 11) is 0. The van der Waals surface area contributed by atoms with Crippen molar-refractivity contribution in [1.82, 2.24) is 4.98 Å². The summed E-state index contributed by atoms with van der Waals surface area (Å²) < 4.78 is 1.07. The molecule has 0 unspecified atom stereocenters. The monoisotopic (exact) mass is 225 g/mol. The number of aromatic nitrogens is 1. The fourth-order valence-corrected chi connectivity index (χ4v) is 2.08. The average Bonchev–Trinajstić information content (AvgIpc) is 2.58. The van der Waals surface area contributed by atoms with E-state index >= 15 is 0 Å². The number of hydrogen-bond acceptors (Lipinski definition) is 1. The average molecular weight is 226 g/mol. The molecule has 0 saturated heterocycles. The van der Waals surface area contributed by atoms with Crippen LogP contribution in [0.25, 0.3) is 0 Å². The van der Waals surface area contributed by atoms with Crippen LogP contribution in [0.15, 0.2) is 22.8 Å². The standard InChI is InChI=1S/C10H12BrN/c11-9-5-6-10(12-7-9)8-3-1-2-4-8/h5-8H,1-4H2. The predicted octanol–water partition coefficient (Wildman–Crippen LogP) is 3.50. The lowest BCUT2D eigenvalue weighted by atomic mass is 10.0. The Morgan fingerprint density at radius 1 is 1.25 bits per heavy atom. The molecule has 1 saturated carbocycles. The summed E-state index contributed by atoms with van der Waals surface area (Å²) in [5, 5.41) is 0. The van der Waals surface area contributed by atoms with Gasteiger partial charge >= 0.3 is 0 Å². The van der Waals surface area contributed by atoms with Crippen LogP contribution in [0.4, 0.5) is 0 Å². The van der Waals surface area contributed by atoms with Crippen LogP contribution in [-0.2, 0) is 0 Å². The van der Waals surface area contributed by atoms with Gasteiger partial charge in [-0.3, -0.25) is 4.98 Å². The molecule has 1 aliphatic rings. The van der Waals surface area contributed by atoms with Gasteiger partial charge in [0.1, 0.15) is 0 Å². The van der Waals surface area contributed by atoms with Gasteiger partial charge in [-0.2, -0.15) is 0 Å². The predicted molar refractivity (Wildman–Crippen MR) is 53.1 cm³/mol. The second-order valence-corrected chi connectivity index (χ2v) is 4.30. The van der Waals surface area contributed by atoms with Crippen LogP contribution >= 0.6 is 15.9 Å². The Morgan fingerprint density at radius 2 is 2.00 bits per heavy atom. The lowest BCUT2D eigenvalue weighted by molar-refractivity contribution is 0.697. The van der Waals surface area contributed by atoms with Crippen LogP contribution in [0.5, 0.6) is 0 Å². The molecular formula is C10H12BrN. The summed E-state index contributed by atoms with van der Waals surface area (Å²) in [5.41, 5.74) is 1.27. The fraction of sp³-hybridized carbons (Fsp3) is 0.500. The quantitative estimate of drug-likeness (QED) is 0.714.